The van der Waals surface area contributed by atoms with Crippen LogP contribution in [-0.2, 0) is 11.3 Å². The van der Waals surface area contributed by atoms with E-state index < -0.39 is 0 Å². The fourth-order valence-electron chi connectivity index (χ4n) is 0.976. The lowest BCUT2D eigenvalue weighted by Gasteiger charge is -2.01. The summed E-state index contributed by atoms with van der Waals surface area (Å²) in [5.41, 5.74) is 1.05. The smallest absolute Gasteiger partial charge is 0.207 e. The Morgan fingerprint density at radius 2 is 2.18 bits per heavy atom. The molecule has 1 aromatic carbocycles. The van der Waals surface area contributed by atoms with Crippen LogP contribution in [0.3, 0.4) is 0 Å². The number of para-hydroxylation sites is 1. The highest BCUT2D eigenvalue weighted by Crippen LogP contribution is 2.20. The molecule has 0 aromatic heterocycles. The van der Waals surface area contributed by atoms with Gasteiger partial charge in [-0.25, -0.2) is 0 Å². The maximum atomic E-state index is 5.12. The summed E-state index contributed by atoms with van der Waals surface area (Å²) in [5.74, 6) is 0.821. The first-order valence-electron chi connectivity index (χ1n) is 3.40. The molecule has 0 N–H and O–H groups in total. The zero-order valence-electron chi connectivity index (χ0n) is 5.91. The number of hydrogen-bond donors (Lipinski definition) is 0. The van der Waals surface area contributed by atoms with Crippen molar-refractivity contribution in [2.24, 2.45) is 0 Å². The Balaban J connectivity index is 2.40. The van der Waals surface area contributed by atoms with Gasteiger partial charge in [-0.3, -0.25) is 0 Å². The first-order chi connectivity index (χ1) is 5.47. The van der Waals surface area contributed by atoms with Crippen LogP contribution in [0.4, 0.5) is 0 Å². The SMILES string of the molecule is [C]1=COCc2ccccc2O1. The molecule has 1 aliphatic heterocycles. The fourth-order valence-corrected chi connectivity index (χ4v) is 0.976. The van der Waals surface area contributed by atoms with Crippen LogP contribution in [0.15, 0.2) is 30.5 Å². The highest BCUT2D eigenvalue weighted by atomic mass is 16.5. The quantitative estimate of drug-likeness (QED) is 0.557. The molecular weight excluding hydrogens is 140 g/mol. The largest absolute Gasteiger partial charge is 0.492 e. The molecular formula is C9H7O2. The third-order valence-electron chi connectivity index (χ3n) is 1.51. The Morgan fingerprint density at radius 3 is 3.18 bits per heavy atom. The van der Waals surface area contributed by atoms with Crippen molar-refractivity contribution < 1.29 is 9.47 Å². The standard InChI is InChI=1S/C9H7O2/c1-2-4-9-8(3-1)7-10-5-6-11-9/h1-5H,7H2. The molecule has 0 spiro atoms. The summed E-state index contributed by atoms with van der Waals surface area (Å²) >= 11 is 0. The topological polar surface area (TPSA) is 18.5 Å². The predicted octanol–water partition coefficient (Wildman–Crippen LogP) is 1.87. The summed E-state index contributed by atoms with van der Waals surface area (Å²) < 4.78 is 10.2. The van der Waals surface area contributed by atoms with E-state index >= 15 is 0 Å². The molecule has 2 rings (SSSR count). The number of hydrogen-bond acceptors (Lipinski definition) is 2. The van der Waals surface area contributed by atoms with Gasteiger partial charge >= 0.3 is 0 Å². The van der Waals surface area contributed by atoms with Crippen LogP contribution >= 0.6 is 0 Å². The van der Waals surface area contributed by atoms with Gasteiger partial charge in [-0.2, -0.15) is 0 Å². The summed E-state index contributed by atoms with van der Waals surface area (Å²) in [6, 6.07) is 7.74. The van der Waals surface area contributed by atoms with Gasteiger partial charge in [-0.15, -0.1) is 0 Å². The van der Waals surface area contributed by atoms with Gasteiger partial charge in [-0.1, -0.05) is 18.2 Å². The Hall–Kier alpha value is -1.44. The summed E-state index contributed by atoms with van der Waals surface area (Å²) in [5, 5.41) is 0. The van der Waals surface area contributed by atoms with E-state index in [0.29, 0.717) is 6.61 Å². The van der Waals surface area contributed by atoms with Gasteiger partial charge in [0.15, 0.2) is 0 Å². The van der Waals surface area contributed by atoms with Crippen LogP contribution in [0, 0.1) is 6.26 Å². The summed E-state index contributed by atoms with van der Waals surface area (Å²) in [6.07, 6.45) is 3.99. The van der Waals surface area contributed by atoms with Crippen molar-refractivity contribution in [2.75, 3.05) is 0 Å². The molecule has 0 fully saturated rings. The summed E-state index contributed by atoms with van der Waals surface area (Å²) in [6.45, 7) is 0.559. The van der Waals surface area contributed by atoms with E-state index in [2.05, 4.69) is 6.26 Å². The van der Waals surface area contributed by atoms with Gasteiger partial charge in [0, 0.05) is 5.56 Å². The monoisotopic (exact) mass is 147 g/mol. The van der Waals surface area contributed by atoms with Crippen LogP contribution in [0.25, 0.3) is 0 Å². The number of fused-ring (bicyclic) bond motifs is 1. The van der Waals surface area contributed by atoms with Crippen molar-refractivity contribution in [3.8, 4) is 5.75 Å². The molecule has 1 radical (unpaired) electrons. The van der Waals surface area contributed by atoms with Crippen molar-refractivity contribution in [1.82, 2.24) is 0 Å². The Morgan fingerprint density at radius 1 is 1.27 bits per heavy atom. The number of ether oxygens (including phenoxy) is 2. The van der Waals surface area contributed by atoms with Crippen molar-refractivity contribution >= 4 is 0 Å². The predicted molar refractivity (Wildman–Crippen MR) is 39.7 cm³/mol. The van der Waals surface area contributed by atoms with Crippen molar-refractivity contribution in [3.63, 3.8) is 0 Å². The number of rotatable bonds is 0. The number of benzene rings is 1. The van der Waals surface area contributed by atoms with Crippen LogP contribution < -0.4 is 4.74 Å². The molecule has 2 heteroatoms. The average Bonchev–Trinajstić information content (AvgIpc) is 2.28. The molecule has 0 amide bonds. The zero-order chi connectivity index (χ0) is 7.52. The molecule has 1 heterocycles. The molecule has 0 saturated heterocycles. The van der Waals surface area contributed by atoms with E-state index in [1.54, 1.807) is 0 Å². The van der Waals surface area contributed by atoms with Crippen molar-refractivity contribution in [1.29, 1.82) is 0 Å². The second kappa shape index (κ2) is 2.66. The molecule has 0 saturated carbocycles. The summed E-state index contributed by atoms with van der Waals surface area (Å²) in [7, 11) is 0. The minimum Gasteiger partial charge on any atom is -0.492 e. The molecule has 0 aliphatic carbocycles. The van der Waals surface area contributed by atoms with Crippen LogP contribution in [-0.4, -0.2) is 0 Å². The average molecular weight is 147 g/mol. The van der Waals surface area contributed by atoms with Gasteiger partial charge in [-0.05, 0) is 6.07 Å². The van der Waals surface area contributed by atoms with E-state index in [-0.39, 0.29) is 0 Å². The second-order valence-corrected chi connectivity index (χ2v) is 2.26. The Bertz CT molecular complexity index is 279. The molecule has 11 heavy (non-hydrogen) atoms. The van der Waals surface area contributed by atoms with E-state index in [1.807, 2.05) is 24.3 Å². The first-order valence-corrected chi connectivity index (χ1v) is 3.40. The third kappa shape index (κ3) is 1.19. The lowest BCUT2D eigenvalue weighted by molar-refractivity contribution is 0.235. The highest BCUT2D eigenvalue weighted by Gasteiger charge is 2.03. The summed E-state index contributed by atoms with van der Waals surface area (Å²) in [4.78, 5) is 0. The molecule has 1 aromatic rings. The first kappa shape index (κ1) is 6.28. The van der Waals surface area contributed by atoms with E-state index in [9.17, 15) is 0 Å². The van der Waals surface area contributed by atoms with E-state index in [4.69, 9.17) is 9.47 Å². The molecule has 55 valence electrons. The zero-order valence-corrected chi connectivity index (χ0v) is 5.91. The maximum absolute atomic E-state index is 5.12. The Labute approximate surface area is 65.1 Å². The van der Waals surface area contributed by atoms with Crippen LogP contribution in [0.1, 0.15) is 5.56 Å². The molecule has 0 unspecified atom stereocenters. The normalized spacial score (nSPS) is 14.2. The van der Waals surface area contributed by atoms with Gasteiger partial charge in [0.2, 0.25) is 6.26 Å². The van der Waals surface area contributed by atoms with E-state index in [0.717, 1.165) is 11.3 Å². The maximum Gasteiger partial charge on any atom is 0.207 e. The van der Waals surface area contributed by atoms with Crippen molar-refractivity contribution in [2.45, 2.75) is 6.61 Å². The lowest BCUT2D eigenvalue weighted by Crippen LogP contribution is -1.87. The Kier molecular flexibility index (Phi) is 1.52. The lowest BCUT2D eigenvalue weighted by atomic mass is 10.2. The minimum absolute atomic E-state index is 0.559. The third-order valence-corrected chi connectivity index (χ3v) is 1.51. The van der Waals surface area contributed by atoms with Crippen LogP contribution in [0.2, 0.25) is 0 Å². The van der Waals surface area contributed by atoms with Gasteiger partial charge in [0.05, 0.1) is 0 Å². The molecule has 2 nitrogen and oxygen atoms in total. The van der Waals surface area contributed by atoms with E-state index in [1.165, 1.54) is 6.26 Å². The minimum atomic E-state index is 0.559. The molecule has 1 aliphatic rings. The van der Waals surface area contributed by atoms with Gasteiger partial charge in [0.1, 0.15) is 18.6 Å². The van der Waals surface area contributed by atoms with Gasteiger partial charge in [0.25, 0.3) is 0 Å². The molecule has 0 atom stereocenters. The fraction of sp³-hybridized carbons (Fsp3) is 0.111. The van der Waals surface area contributed by atoms with Crippen molar-refractivity contribution in [3.05, 3.63) is 42.4 Å². The van der Waals surface area contributed by atoms with Crippen LogP contribution in [0.5, 0.6) is 5.75 Å². The highest BCUT2D eigenvalue weighted by molar-refractivity contribution is 5.33. The second-order valence-electron chi connectivity index (χ2n) is 2.26. The molecule has 0 bridgehead atoms. The van der Waals surface area contributed by atoms with Gasteiger partial charge < -0.3 is 9.47 Å².